The predicted molar refractivity (Wildman–Crippen MR) is 109 cm³/mol. The summed E-state index contributed by atoms with van der Waals surface area (Å²) in [6.07, 6.45) is 9.46. The minimum atomic E-state index is 0.161. The van der Waals surface area contributed by atoms with Crippen LogP contribution in [0.1, 0.15) is 11.4 Å². The van der Waals surface area contributed by atoms with Crippen molar-refractivity contribution in [3.63, 3.8) is 0 Å². The molecule has 0 aliphatic carbocycles. The first-order valence-corrected chi connectivity index (χ1v) is 8.92. The Bertz CT molecular complexity index is 1390. The molecular formula is C22H17N5O. The molecule has 2 aromatic heterocycles. The van der Waals surface area contributed by atoms with E-state index in [4.69, 9.17) is 0 Å². The number of hydrogen-bond acceptors (Lipinski definition) is 4. The van der Waals surface area contributed by atoms with Crippen molar-refractivity contribution < 1.29 is 5.11 Å². The first kappa shape index (κ1) is 16.3. The molecule has 0 saturated heterocycles. The SMILES string of the molecule is Cn1ccnc1C=CC1=c2ccc(=Cc3c(O)[nH]c4ccccc34)cc2N=N1. The summed E-state index contributed by atoms with van der Waals surface area (Å²) in [6, 6.07) is 13.8. The summed E-state index contributed by atoms with van der Waals surface area (Å²) in [4.78, 5) is 7.28. The van der Waals surface area contributed by atoms with Gasteiger partial charge >= 0.3 is 0 Å². The van der Waals surface area contributed by atoms with E-state index in [0.29, 0.717) is 0 Å². The Labute approximate surface area is 160 Å². The van der Waals surface area contributed by atoms with Gasteiger partial charge in [0.1, 0.15) is 5.82 Å². The van der Waals surface area contributed by atoms with Crippen molar-refractivity contribution in [2.24, 2.45) is 17.3 Å². The summed E-state index contributed by atoms with van der Waals surface area (Å²) in [5, 5.41) is 21.8. The molecule has 0 atom stereocenters. The topological polar surface area (TPSA) is 78.6 Å². The number of benzene rings is 2. The summed E-state index contributed by atoms with van der Waals surface area (Å²) >= 11 is 0. The smallest absolute Gasteiger partial charge is 0.196 e. The van der Waals surface area contributed by atoms with Crippen LogP contribution in [0.3, 0.4) is 0 Å². The van der Waals surface area contributed by atoms with Gasteiger partial charge < -0.3 is 14.7 Å². The first-order chi connectivity index (χ1) is 13.7. The molecule has 6 heteroatoms. The average Bonchev–Trinajstić information content (AvgIpc) is 3.38. The minimum Gasteiger partial charge on any atom is -0.494 e. The van der Waals surface area contributed by atoms with Gasteiger partial charge in [0.25, 0.3) is 0 Å². The summed E-state index contributed by atoms with van der Waals surface area (Å²) in [5.74, 6) is 1.02. The molecule has 0 amide bonds. The van der Waals surface area contributed by atoms with Crippen LogP contribution in [0, 0.1) is 0 Å². The Morgan fingerprint density at radius 1 is 1.07 bits per heavy atom. The number of H-pyrrole nitrogens is 1. The van der Waals surface area contributed by atoms with E-state index in [0.717, 1.165) is 44.1 Å². The van der Waals surface area contributed by atoms with Crippen molar-refractivity contribution in [1.82, 2.24) is 14.5 Å². The molecule has 0 radical (unpaired) electrons. The van der Waals surface area contributed by atoms with Crippen molar-refractivity contribution in [2.75, 3.05) is 0 Å². The molecule has 3 heterocycles. The van der Waals surface area contributed by atoms with Gasteiger partial charge in [-0.15, -0.1) is 10.2 Å². The van der Waals surface area contributed by atoms with Crippen molar-refractivity contribution >= 4 is 34.4 Å². The van der Waals surface area contributed by atoms with Crippen molar-refractivity contribution in [3.8, 4) is 5.88 Å². The highest BCUT2D eigenvalue weighted by molar-refractivity contribution is 5.91. The van der Waals surface area contributed by atoms with Gasteiger partial charge in [-0.1, -0.05) is 24.3 Å². The molecule has 1 aliphatic heterocycles. The third kappa shape index (κ3) is 2.72. The molecule has 0 fully saturated rings. The van der Waals surface area contributed by atoms with Gasteiger partial charge in [-0.3, -0.25) is 0 Å². The number of hydrogen-bond donors (Lipinski definition) is 2. The highest BCUT2D eigenvalue weighted by Crippen LogP contribution is 2.27. The summed E-state index contributed by atoms with van der Waals surface area (Å²) in [5.41, 5.74) is 3.29. The number of aryl methyl sites for hydroxylation is 1. The molecule has 0 spiro atoms. The van der Waals surface area contributed by atoms with Crippen molar-refractivity contribution in [1.29, 1.82) is 0 Å². The predicted octanol–water partition coefficient (Wildman–Crippen LogP) is 3.35. The van der Waals surface area contributed by atoms with E-state index >= 15 is 0 Å². The van der Waals surface area contributed by atoms with Crippen LogP contribution >= 0.6 is 0 Å². The summed E-state index contributed by atoms with van der Waals surface area (Å²) < 4.78 is 1.94. The molecule has 6 nitrogen and oxygen atoms in total. The summed E-state index contributed by atoms with van der Waals surface area (Å²) in [7, 11) is 1.95. The molecule has 1 aliphatic rings. The molecule has 0 bridgehead atoms. The maximum Gasteiger partial charge on any atom is 0.196 e. The molecule has 4 aromatic rings. The minimum absolute atomic E-state index is 0.161. The molecule has 0 saturated carbocycles. The fourth-order valence-corrected chi connectivity index (χ4v) is 3.38. The van der Waals surface area contributed by atoms with Crippen LogP contribution in [0.15, 0.2) is 71.2 Å². The second-order valence-corrected chi connectivity index (χ2v) is 6.67. The number of imidazole rings is 1. The van der Waals surface area contributed by atoms with Crippen LogP contribution in [-0.2, 0) is 7.05 Å². The van der Waals surface area contributed by atoms with E-state index in [1.54, 1.807) is 6.20 Å². The number of nitrogens with zero attached hydrogens (tertiary/aromatic N) is 4. The van der Waals surface area contributed by atoms with E-state index in [-0.39, 0.29) is 5.88 Å². The zero-order chi connectivity index (χ0) is 19.1. The maximum atomic E-state index is 10.3. The lowest BCUT2D eigenvalue weighted by Gasteiger charge is -1.95. The van der Waals surface area contributed by atoms with Crippen LogP contribution < -0.4 is 10.4 Å². The van der Waals surface area contributed by atoms with Crippen molar-refractivity contribution in [3.05, 3.63) is 82.8 Å². The Balaban J connectivity index is 1.57. The van der Waals surface area contributed by atoms with Crippen LogP contribution in [0.4, 0.5) is 5.69 Å². The Morgan fingerprint density at radius 2 is 1.96 bits per heavy atom. The standard InChI is InChI=1S/C22H17N5O/c1-27-11-10-23-21(27)9-8-19-16-7-6-14(13-20(16)26-25-19)12-17-15-4-2-3-5-18(15)24-22(17)28/h2-13,24,28H,1H3. The van der Waals surface area contributed by atoms with Gasteiger partial charge in [0.05, 0.1) is 11.4 Å². The maximum absolute atomic E-state index is 10.3. The number of nitrogens with one attached hydrogen (secondary N) is 1. The highest BCUT2D eigenvalue weighted by Gasteiger charge is 2.09. The second-order valence-electron chi connectivity index (χ2n) is 6.67. The average molecular weight is 367 g/mol. The third-order valence-electron chi connectivity index (χ3n) is 4.85. The lowest BCUT2D eigenvalue weighted by atomic mass is 10.1. The molecular weight excluding hydrogens is 350 g/mol. The lowest BCUT2D eigenvalue weighted by molar-refractivity contribution is 0.457. The summed E-state index contributed by atoms with van der Waals surface area (Å²) in [6.45, 7) is 0. The number of para-hydroxylation sites is 1. The highest BCUT2D eigenvalue weighted by atomic mass is 16.3. The first-order valence-electron chi connectivity index (χ1n) is 8.92. The van der Waals surface area contributed by atoms with Gasteiger partial charge in [-0.05, 0) is 41.6 Å². The second kappa shape index (κ2) is 6.35. The van der Waals surface area contributed by atoms with Crippen LogP contribution in [0.5, 0.6) is 5.88 Å². The van der Waals surface area contributed by atoms with Gasteiger partial charge in [-0.25, -0.2) is 4.98 Å². The van der Waals surface area contributed by atoms with Gasteiger partial charge in [0.15, 0.2) is 5.88 Å². The molecule has 0 unspecified atom stereocenters. The molecule has 28 heavy (non-hydrogen) atoms. The fourth-order valence-electron chi connectivity index (χ4n) is 3.38. The van der Waals surface area contributed by atoms with Gasteiger partial charge in [-0.2, -0.15) is 0 Å². The van der Waals surface area contributed by atoms with E-state index in [1.807, 2.05) is 78.5 Å². The number of aromatic hydroxyl groups is 1. The number of azo groups is 1. The molecule has 136 valence electrons. The fraction of sp³-hybridized carbons (Fsp3) is 0.0455. The van der Waals surface area contributed by atoms with Gasteiger partial charge in [0.2, 0.25) is 0 Å². The zero-order valence-corrected chi connectivity index (χ0v) is 15.2. The van der Waals surface area contributed by atoms with E-state index < -0.39 is 0 Å². The quantitative estimate of drug-likeness (QED) is 0.582. The number of aromatic amines is 1. The van der Waals surface area contributed by atoms with E-state index in [9.17, 15) is 5.11 Å². The molecule has 5 rings (SSSR count). The molecule has 2 N–H and O–H groups in total. The Hall–Kier alpha value is -3.93. The van der Waals surface area contributed by atoms with Crippen molar-refractivity contribution in [2.45, 2.75) is 0 Å². The normalized spacial score (nSPS) is 13.9. The van der Waals surface area contributed by atoms with E-state index in [2.05, 4.69) is 20.2 Å². The Morgan fingerprint density at radius 3 is 2.82 bits per heavy atom. The number of aromatic nitrogens is 3. The monoisotopic (exact) mass is 367 g/mol. The van der Waals surface area contributed by atoms with E-state index in [1.165, 1.54) is 0 Å². The largest absolute Gasteiger partial charge is 0.494 e. The Kier molecular flexibility index (Phi) is 3.69. The van der Waals surface area contributed by atoms with Crippen LogP contribution in [-0.4, -0.2) is 19.6 Å². The number of fused-ring (bicyclic) bond motifs is 2. The number of rotatable bonds is 3. The van der Waals surface area contributed by atoms with Crippen LogP contribution in [0.2, 0.25) is 0 Å². The zero-order valence-electron chi connectivity index (χ0n) is 15.2. The van der Waals surface area contributed by atoms with Gasteiger partial charge in [0, 0.05) is 41.1 Å². The molecule has 2 aromatic carbocycles. The van der Waals surface area contributed by atoms with Crippen LogP contribution in [0.25, 0.3) is 28.8 Å². The lowest BCUT2D eigenvalue weighted by Crippen LogP contribution is -2.08. The third-order valence-corrected chi connectivity index (χ3v) is 4.85.